The molecule has 9 atom stereocenters. The van der Waals surface area contributed by atoms with E-state index >= 15 is 0 Å². The molecule has 0 bridgehead atoms. The van der Waals surface area contributed by atoms with Crippen molar-refractivity contribution in [2.75, 3.05) is 0 Å². The fourth-order valence-electron chi connectivity index (χ4n) is 9.16. The molecule has 36 heavy (non-hydrogen) atoms. The standard InChI is InChI=1S/C30H41N3O3/c1-18-5-7-20(8-6-18)25-17-33(32-31-25)26-16-27(35)30(4)14-12-24-23(28(26)30)10-9-21-15-22(36-19(2)34)11-13-29(21,24)3/h5-8,17,21-24,26-28,35H,9-16H2,1-4H3/t21-,22-,23+,24-,26+,27-,28+,29-,30+/m0/s1. The molecular formula is C30H41N3O3. The van der Waals surface area contributed by atoms with Crippen LogP contribution in [0.1, 0.15) is 83.7 Å². The average molecular weight is 492 g/mol. The summed E-state index contributed by atoms with van der Waals surface area (Å²) in [6, 6.07) is 8.64. The first-order chi connectivity index (χ1) is 17.2. The Bertz CT molecular complexity index is 1130. The topological polar surface area (TPSA) is 77.2 Å². The molecule has 0 saturated heterocycles. The van der Waals surface area contributed by atoms with Crippen LogP contribution in [-0.2, 0) is 9.53 Å². The minimum Gasteiger partial charge on any atom is -0.463 e. The first kappa shape index (κ1) is 24.1. The van der Waals surface area contributed by atoms with Gasteiger partial charge in [-0.2, -0.15) is 0 Å². The number of hydrogen-bond donors (Lipinski definition) is 1. The quantitative estimate of drug-likeness (QED) is 0.554. The Labute approximate surface area is 214 Å². The lowest BCUT2D eigenvalue weighted by Gasteiger charge is -2.61. The number of aliphatic hydroxyl groups excluding tert-OH is 1. The molecule has 1 N–H and O–H groups in total. The molecule has 4 saturated carbocycles. The van der Waals surface area contributed by atoms with Crippen molar-refractivity contribution in [3.8, 4) is 11.3 Å². The normalized spacial score (nSPS) is 41.8. The van der Waals surface area contributed by atoms with Crippen molar-refractivity contribution in [1.82, 2.24) is 15.0 Å². The molecule has 1 heterocycles. The molecule has 0 radical (unpaired) electrons. The van der Waals surface area contributed by atoms with Crippen LogP contribution in [0, 0.1) is 41.4 Å². The number of aryl methyl sites for hydroxylation is 1. The zero-order chi connectivity index (χ0) is 25.2. The van der Waals surface area contributed by atoms with Gasteiger partial charge in [0.25, 0.3) is 0 Å². The number of aromatic nitrogens is 3. The molecular weight excluding hydrogens is 450 g/mol. The highest BCUT2D eigenvalue weighted by atomic mass is 16.5. The van der Waals surface area contributed by atoms with Crippen LogP contribution in [0.4, 0.5) is 0 Å². The summed E-state index contributed by atoms with van der Waals surface area (Å²) in [6.45, 7) is 8.49. The Kier molecular flexibility index (Phi) is 5.82. The number of carbonyl (C=O) groups excluding carboxylic acids is 1. The van der Waals surface area contributed by atoms with Crippen molar-refractivity contribution in [1.29, 1.82) is 0 Å². The summed E-state index contributed by atoms with van der Waals surface area (Å²) in [6.07, 6.45) is 10.4. The van der Waals surface area contributed by atoms with Gasteiger partial charge in [-0.25, -0.2) is 4.68 Å². The Morgan fingerprint density at radius 3 is 2.56 bits per heavy atom. The van der Waals surface area contributed by atoms with Gasteiger partial charge in [-0.15, -0.1) is 5.10 Å². The fraction of sp³-hybridized carbons (Fsp3) is 0.700. The van der Waals surface area contributed by atoms with Crippen molar-refractivity contribution in [2.45, 2.75) is 97.3 Å². The van der Waals surface area contributed by atoms with Gasteiger partial charge >= 0.3 is 5.97 Å². The minimum atomic E-state index is -0.300. The molecule has 4 fully saturated rings. The van der Waals surface area contributed by atoms with Gasteiger partial charge in [0.15, 0.2) is 0 Å². The van der Waals surface area contributed by atoms with Crippen LogP contribution in [0.25, 0.3) is 11.3 Å². The van der Waals surface area contributed by atoms with E-state index in [1.54, 1.807) is 0 Å². The lowest BCUT2D eigenvalue weighted by Crippen LogP contribution is -2.55. The third kappa shape index (κ3) is 3.74. The van der Waals surface area contributed by atoms with Gasteiger partial charge in [0.2, 0.25) is 0 Å². The van der Waals surface area contributed by atoms with E-state index in [4.69, 9.17) is 4.74 Å². The summed E-state index contributed by atoms with van der Waals surface area (Å²) >= 11 is 0. The average Bonchev–Trinajstić information content (AvgIpc) is 3.42. The molecule has 1 aromatic heterocycles. The highest BCUT2D eigenvalue weighted by molar-refractivity contribution is 5.66. The Morgan fingerprint density at radius 2 is 1.81 bits per heavy atom. The van der Waals surface area contributed by atoms with E-state index in [1.165, 1.54) is 31.7 Å². The van der Waals surface area contributed by atoms with E-state index in [-0.39, 0.29) is 35.0 Å². The maximum atomic E-state index is 11.6. The first-order valence-corrected chi connectivity index (χ1v) is 14.0. The number of fused-ring (bicyclic) bond motifs is 5. The second kappa shape index (κ2) is 8.68. The molecule has 6 nitrogen and oxygen atoms in total. The van der Waals surface area contributed by atoms with Gasteiger partial charge < -0.3 is 9.84 Å². The van der Waals surface area contributed by atoms with Gasteiger partial charge in [-0.05, 0) is 92.8 Å². The molecule has 4 aliphatic carbocycles. The van der Waals surface area contributed by atoms with Gasteiger partial charge in [0.05, 0.1) is 18.3 Å². The van der Waals surface area contributed by atoms with E-state index in [0.717, 1.165) is 43.4 Å². The largest absolute Gasteiger partial charge is 0.463 e. The first-order valence-electron chi connectivity index (χ1n) is 14.0. The molecule has 0 amide bonds. The number of aliphatic hydroxyl groups is 1. The molecule has 6 rings (SSSR count). The highest BCUT2D eigenvalue weighted by Gasteiger charge is 2.63. The monoisotopic (exact) mass is 491 g/mol. The number of ether oxygens (including phenoxy) is 1. The number of carbonyl (C=O) groups is 1. The maximum Gasteiger partial charge on any atom is 0.302 e. The van der Waals surface area contributed by atoms with Crippen molar-refractivity contribution in [3.63, 3.8) is 0 Å². The second-order valence-corrected chi connectivity index (χ2v) is 12.9. The van der Waals surface area contributed by atoms with Crippen molar-refractivity contribution in [3.05, 3.63) is 36.0 Å². The van der Waals surface area contributed by atoms with Gasteiger partial charge in [0.1, 0.15) is 11.8 Å². The fourth-order valence-corrected chi connectivity index (χ4v) is 9.16. The zero-order valence-electron chi connectivity index (χ0n) is 22.2. The third-order valence-corrected chi connectivity index (χ3v) is 11.1. The zero-order valence-corrected chi connectivity index (χ0v) is 22.2. The summed E-state index contributed by atoms with van der Waals surface area (Å²) < 4.78 is 7.74. The molecule has 0 spiro atoms. The van der Waals surface area contributed by atoms with Crippen LogP contribution in [0.15, 0.2) is 30.5 Å². The van der Waals surface area contributed by atoms with Crippen LogP contribution in [0.3, 0.4) is 0 Å². The summed E-state index contributed by atoms with van der Waals surface area (Å²) in [4.78, 5) is 11.6. The third-order valence-electron chi connectivity index (χ3n) is 11.1. The number of hydrogen-bond acceptors (Lipinski definition) is 5. The molecule has 194 valence electrons. The molecule has 2 aromatic rings. The van der Waals surface area contributed by atoms with E-state index < -0.39 is 0 Å². The molecule has 4 aliphatic rings. The summed E-state index contributed by atoms with van der Waals surface area (Å²) in [5.74, 6) is 2.12. The van der Waals surface area contributed by atoms with Crippen molar-refractivity contribution >= 4 is 5.97 Å². The van der Waals surface area contributed by atoms with E-state index in [2.05, 4.69) is 66.2 Å². The lowest BCUT2D eigenvalue weighted by molar-refractivity contribution is -0.162. The van der Waals surface area contributed by atoms with Crippen molar-refractivity contribution < 1.29 is 14.6 Å². The van der Waals surface area contributed by atoms with Crippen LogP contribution < -0.4 is 0 Å². The number of rotatable bonds is 3. The SMILES string of the molecule is CC(=O)O[C@H]1CC[C@@]2(C)[C@@H](CC[C@H]3[C@@H]4[C@H](n5cc(-c6ccc(C)cc6)nn5)C[C@H](O)[C@@]4(C)CC[C@@H]32)C1. The molecule has 0 unspecified atom stereocenters. The van der Waals surface area contributed by atoms with E-state index in [0.29, 0.717) is 23.7 Å². The number of benzene rings is 1. The summed E-state index contributed by atoms with van der Waals surface area (Å²) in [7, 11) is 0. The van der Waals surface area contributed by atoms with Crippen molar-refractivity contribution in [2.24, 2.45) is 34.5 Å². The molecule has 6 heteroatoms. The summed E-state index contributed by atoms with van der Waals surface area (Å²) in [5.41, 5.74) is 3.45. The van der Waals surface area contributed by atoms with Gasteiger partial charge in [-0.1, -0.05) is 48.9 Å². The second-order valence-electron chi connectivity index (χ2n) is 12.9. The van der Waals surface area contributed by atoms with Crippen LogP contribution in [0.2, 0.25) is 0 Å². The predicted octanol–water partition coefficient (Wildman–Crippen LogP) is 5.74. The molecule has 0 aliphatic heterocycles. The highest BCUT2D eigenvalue weighted by Crippen LogP contribution is 2.68. The Hall–Kier alpha value is -2.21. The van der Waals surface area contributed by atoms with Crippen LogP contribution >= 0.6 is 0 Å². The Balaban J connectivity index is 1.28. The van der Waals surface area contributed by atoms with Crippen LogP contribution in [0.5, 0.6) is 0 Å². The van der Waals surface area contributed by atoms with Gasteiger partial charge in [-0.3, -0.25) is 4.79 Å². The van der Waals surface area contributed by atoms with E-state index in [9.17, 15) is 9.90 Å². The smallest absolute Gasteiger partial charge is 0.302 e. The van der Waals surface area contributed by atoms with E-state index in [1.807, 2.05) is 0 Å². The van der Waals surface area contributed by atoms with Crippen LogP contribution in [-0.4, -0.2) is 38.3 Å². The lowest BCUT2D eigenvalue weighted by atomic mass is 9.45. The number of esters is 1. The minimum absolute atomic E-state index is 0.0695. The predicted molar refractivity (Wildman–Crippen MR) is 138 cm³/mol. The maximum absolute atomic E-state index is 11.6. The summed E-state index contributed by atoms with van der Waals surface area (Å²) in [5, 5.41) is 20.6. The number of nitrogens with zero attached hydrogens (tertiary/aromatic N) is 3. The Morgan fingerprint density at radius 1 is 1.06 bits per heavy atom. The van der Waals surface area contributed by atoms with Gasteiger partial charge in [0, 0.05) is 12.5 Å². The molecule has 1 aromatic carbocycles.